The average Bonchev–Trinajstić information content (AvgIpc) is 2.35. The van der Waals surface area contributed by atoms with E-state index < -0.39 is 0 Å². The zero-order chi connectivity index (χ0) is 13.0. The summed E-state index contributed by atoms with van der Waals surface area (Å²) in [5.41, 5.74) is 11.6. The quantitative estimate of drug-likeness (QED) is 0.869. The second-order valence-electron chi connectivity index (χ2n) is 5.08. The summed E-state index contributed by atoms with van der Waals surface area (Å²) in [4.78, 5) is 0. The van der Waals surface area contributed by atoms with E-state index in [4.69, 9.17) is 5.73 Å². The molecule has 0 aromatic heterocycles. The third-order valence-corrected chi connectivity index (χ3v) is 3.33. The Morgan fingerprint density at radius 2 is 1.67 bits per heavy atom. The van der Waals surface area contributed by atoms with Crippen molar-refractivity contribution >= 4 is 0 Å². The lowest BCUT2D eigenvalue weighted by molar-refractivity contribution is 0.662. The molecule has 18 heavy (non-hydrogen) atoms. The maximum absolute atomic E-state index is 6.26. The van der Waals surface area contributed by atoms with Crippen LogP contribution in [0.15, 0.2) is 48.5 Å². The fourth-order valence-corrected chi connectivity index (χ4v) is 2.29. The highest BCUT2D eigenvalue weighted by Gasteiger charge is 2.07. The maximum Gasteiger partial charge on any atom is 0.0120 e. The van der Waals surface area contributed by atoms with Crippen molar-refractivity contribution < 1.29 is 0 Å². The van der Waals surface area contributed by atoms with Crippen LogP contribution < -0.4 is 5.73 Å². The third-order valence-electron chi connectivity index (χ3n) is 3.33. The molecule has 0 bridgehead atoms. The summed E-state index contributed by atoms with van der Waals surface area (Å²) in [5, 5.41) is 0. The zero-order valence-electron chi connectivity index (χ0n) is 11.2. The molecule has 0 spiro atoms. The molecular formula is C17H21N. The summed E-state index contributed by atoms with van der Waals surface area (Å²) in [5.74, 6) is 0. The van der Waals surface area contributed by atoms with Crippen molar-refractivity contribution in [3.63, 3.8) is 0 Å². The Morgan fingerprint density at radius 3 is 2.39 bits per heavy atom. The van der Waals surface area contributed by atoms with Gasteiger partial charge in [0.15, 0.2) is 0 Å². The second kappa shape index (κ2) is 5.83. The Morgan fingerprint density at radius 1 is 0.944 bits per heavy atom. The van der Waals surface area contributed by atoms with Crippen LogP contribution in [0.1, 0.15) is 22.3 Å². The Kier molecular flexibility index (Phi) is 4.16. The largest absolute Gasteiger partial charge is 0.327 e. The van der Waals surface area contributed by atoms with Gasteiger partial charge in [-0.3, -0.25) is 0 Å². The van der Waals surface area contributed by atoms with Gasteiger partial charge in [-0.15, -0.1) is 0 Å². The molecule has 2 aromatic carbocycles. The normalized spacial score (nSPS) is 12.4. The van der Waals surface area contributed by atoms with E-state index in [2.05, 4.69) is 56.3 Å². The topological polar surface area (TPSA) is 26.0 Å². The SMILES string of the molecule is Cc1ccc(C)c(CC(N)Cc2ccccc2)c1. The number of nitrogens with two attached hydrogens (primary N) is 1. The molecule has 2 aromatic rings. The fraction of sp³-hybridized carbons (Fsp3) is 0.294. The first-order valence-corrected chi connectivity index (χ1v) is 6.51. The van der Waals surface area contributed by atoms with Crippen LogP contribution in [0.3, 0.4) is 0 Å². The smallest absolute Gasteiger partial charge is 0.0120 e. The van der Waals surface area contributed by atoms with Crippen molar-refractivity contribution in [1.82, 2.24) is 0 Å². The molecule has 1 atom stereocenters. The van der Waals surface area contributed by atoms with Crippen LogP contribution in [0.25, 0.3) is 0 Å². The predicted molar refractivity (Wildman–Crippen MR) is 77.7 cm³/mol. The van der Waals surface area contributed by atoms with Gasteiger partial charge in [-0.05, 0) is 43.4 Å². The van der Waals surface area contributed by atoms with Crippen LogP contribution in [-0.2, 0) is 12.8 Å². The van der Waals surface area contributed by atoms with Crippen LogP contribution in [0, 0.1) is 13.8 Å². The molecule has 1 nitrogen and oxygen atoms in total. The van der Waals surface area contributed by atoms with E-state index in [0.717, 1.165) is 12.8 Å². The molecule has 94 valence electrons. The third kappa shape index (κ3) is 3.44. The van der Waals surface area contributed by atoms with Gasteiger partial charge < -0.3 is 5.73 Å². The summed E-state index contributed by atoms with van der Waals surface area (Å²) >= 11 is 0. The summed E-state index contributed by atoms with van der Waals surface area (Å²) < 4.78 is 0. The molecule has 0 saturated heterocycles. The summed E-state index contributed by atoms with van der Waals surface area (Å²) in [6.45, 7) is 4.29. The molecule has 0 heterocycles. The van der Waals surface area contributed by atoms with Crippen molar-refractivity contribution in [2.45, 2.75) is 32.7 Å². The number of rotatable bonds is 4. The van der Waals surface area contributed by atoms with Gasteiger partial charge in [0.2, 0.25) is 0 Å². The molecule has 0 aliphatic rings. The lowest BCUT2D eigenvalue weighted by atomic mass is 9.96. The fourth-order valence-electron chi connectivity index (χ4n) is 2.29. The van der Waals surface area contributed by atoms with E-state index in [0.29, 0.717) is 0 Å². The van der Waals surface area contributed by atoms with Crippen LogP contribution in [0.4, 0.5) is 0 Å². The summed E-state index contributed by atoms with van der Waals surface area (Å²) in [6.07, 6.45) is 1.89. The molecule has 0 amide bonds. The standard InChI is InChI=1S/C17H21N/c1-13-8-9-14(2)16(10-13)12-17(18)11-15-6-4-3-5-7-15/h3-10,17H,11-12,18H2,1-2H3. The Bertz CT molecular complexity index is 502. The number of benzene rings is 2. The van der Waals surface area contributed by atoms with Gasteiger partial charge in [0.25, 0.3) is 0 Å². The summed E-state index contributed by atoms with van der Waals surface area (Å²) in [7, 11) is 0. The van der Waals surface area contributed by atoms with E-state index >= 15 is 0 Å². The van der Waals surface area contributed by atoms with E-state index in [-0.39, 0.29) is 6.04 Å². The number of hydrogen-bond acceptors (Lipinski definition) is 1. The number of hydrogen-bond donors (Lipinski definition) is 1. The van der Waals surface area contributed by atoms with Gasteiger partial charge in [-0.25, -0.2) is 0 Å². The highest BCUT2D eigenvalue weighted by atomic mass is 14.6. The molecule has 0 saturated carbocycles. The van der Waals surface area contributed by atoms with E-state index in [9.17, 15) is 0 Å². The van der Waals surface area contributed by atoms with Gasteiger partial charge >= 0.3 is 0 Å². The van der Waals surface area contributed by atoms with Gasteiger partial charge in [0.05, 0.1) is 0 Å². The zero-order valence-corrected chi connectivity index (χ0v) is 11.2. The molecule has 0 fully saturated rings. The molecule has 1 heteroatoms. The first kappa shape index (κ1) is 12.8. The van der Waals surface area contributed by atoms with Crippen molar-refractivity contribution in [3.05, 3.63) is 70.8 Å². The average molecular weight is 239 g/mol. The van der Waals surface area contributed by atoms with Crippen LogP contribution >= 0.6 is 0 Å². The van der Waals surface area contributed by atoms with E-state index in [1.54, 1.807) is 0 Å². The minimum absolute atomic E-state index is 0.188. The first-order valence-electron chi connectivity index (χ1n) is 6.51. The van der Waals surface area contributed by atoms with Crippen molar-refractivity contribution in [2.24, 2.45) is 5.73 Å². The Balaban J connectivity index is 2.03. The molecule has 0 aliphatic heterocycles. The molecule has 0 radical (unpaired) electrons. The second-order valence-corrected chi connectivity index (χ2v) is 5.08. The molecule has 0 aliphatic carbocycles. The highest BCUT2D eigenvalue weighted by molar-refractivity contribution is 5.31. The van der Waals surface area contributed by atoms with Crippen molar-refractivity contribution in [3.8, 4) is 0 Å². The molecule has 1 unspecified atom stereocenters. The lowest BCUT2D eigenvalue weighted by Gasteiger charge is -2.14. The molecular weight excluding hydrogens is 218 g/mol. The van der Waals surface area contributed by atoms with Gasteiger partial charge in [-0.1, -0.05) is 54.1 Å². The minimum atomic E-state index is 0.188. The minimum Gasteiger partial charge on any atom is -0.327 e. The number of aryl methyl sites for hydroxylation is 2. The van der Waals surface area contributed by atoms with Crippen molar-refractivity contribution in [1.29, 1.82) is 0 Å². The first-order chi connectivity index (χ1) is 8.65. The van der Waals surface area contributed by atoms with Crippen LogP contribution in [-0.4, -0.2) is 6.04 Å². The monoisotopic (exact) mass is 239 g/mol. The maximum atomic E-state index is 6.26. The van der Waals surface area contributed by atoms with Gasteiger partial charge in [0.1, 0.15) is 0 Å². The predicted octanol–water partition coefficient (Wildman–Crippen LogP) is 3.42. The Labute approximate surface area is 110 Å². The lowest BCUT2D eigenvalue weighted by Crippen LogP contribution is -2.25. The molecule has 2 N–H and O–H groups in total. The van der Waals surface area contributed by atoms with Gasteiger partial charge in [-0.2, -0.15) is 0 Å². The van der Waals surface area contributed by atoms with Crippen LogP contribution in [0.5, 0.6) is 0 Å². The Hall–Kier alpha value is -1.60. The van der Waals surface area contributed by atoms with E-state index in [1.807, 2.05) is 6.07 Å². The van der Waals surface area contributed by atoms with Crippen LogP contribution in [0.2, 0.25) is 0 Å². The molecule has 2 rings (SSSR count). The highest BCUT2D eigenvalue weighted by Crippen LogP contribution is 2.14. The van der Waals surface area contributed by atoms with Gasteiger partial charge in [0, 0.05) is 6.04 Å². The summed E-state index contributed by atoms with van der Waals surface area (Å²) in [6, 6.07) is 17.2. The van der Waals surface area contributed by atoms with Crippen molar-refractivity contribution in [2.75, 3.05) is 0 Å². The van der Waals surface area contributed by atoms with E-state index in [1.165, 1.54) is 22.3 Å².